The van der Waals surface area contributed by atoms with Crippen LogP contribution in [0, 0.1) is 0 Å². The summed E-state index contributed by atoms with van der Waals surface area (Å²) in [6, 6.07) is 2.99. The number of hydrogen-bond acceptors (Lipinski definition) is 4. The van der Waals surface area contributed by atoms with Gasteiger partial charge < -0.3 is 15.6 Å². The maximum Gasteiger partial charge on any atom is 0.356 e. The van der Waals surface area contributed by atoms with Crippen molar-refractivity contribution in [1.82, 2.24) is 4.98 Å². The number of hydrogen-bond donors (Lipinski definition) is 2. The molecule has 1 heterocycles. The van der Waals surface area contributed by atoms with E-state index >= 15 is 0 Å². The highest BCUT2D eigenvalue weighted by Crippen LogP contribution is 2.14. The van der Waals surface area contributed by atoms with Gasteiger partial charge in [0, 0.05) is 6.07 Å². The highest BCUT2D eigenvalue weighted by atomic mass is 16.5. The normalized spacial score (nSPS) is 9.62. The number of carboxylic acid groups (broad SMARTS) is 1. The standard InChI is InChI=1S/C8H10N2O3/c1-2-13-6-4-3-5(9)7(10-6)8(11)12/h3-4H,2,9H2,1H3,(H,11,12). The van der Waals surface area contributed by atoms with E-state index in [1.807, 2.05) is 0 Å². The van der Waals surface area contributed by atoms with Crippen LogP contribution in [0.5, 0.6) is 5.88 Å². The summed E-state index contributed by atoms with van der Waals surface area (Å²) in [7, 11) is 0. The first-order valence-corrected chi connectivity index (χ1v) is 3.77. The minimum atomic E-state index is -1.15. The summed E-state index contributed by atoms with van der Waals surface area (Å²) < 4.78 is 5.02. The SMILES string of the molecule is CCOc1ccc(N)c(C(=O)O)n1. The van der Waals surface area contributed by atoms with Gasteiger partial charge in [0.1, 0.15) is 0 Å². The lowest BCUT2D eigenvalue weighted by atomic mass is 10.3. The van der Waals surface area contributed by atoms with Crippen LogP contribution in [-0.2, 0) is 0 Å². The lowest BCUT2D eigenvalue weighted by Gasteiger charge is -2.04. The van der Waals surface area contributed by atoms with Crippen molar-refractivity contribution in [3.63, 3.8) is 0 Å². The molecule has 0 atom stereocenters. The summed E-state index contributed by atoms with van der Waals surface area (Å²) in [6.07, 6.45) is 0. The average molecular weight is 182 g/mol. The molecule has 1 rings (SSSR count). The topological polar surface area (TPSA) is 85.4 Å². The van der Waals surface area contributed by atoms with Gasteiger partial charge in [0.15, 0.2) is 5.69 Å². The zero-order valence-electron chi connectivity index (χ0n) is 7.15. The van der Waals surface area contributed by atoms with Crippen LogP contribution < -0.4 is 10.5 Å². The molecule has 5 heteroatoms. The number of carbonyl (C=O) groups is 1. The minimum Gasteiger partial charge on any atom is -0.478 e. The summed E-state index contributed by atoms with van der Waals surface area (Å²) in [5.74, 6) is -0.881. The zero-order chi connectivity index (χ0) is 9.84. The van der Waals surface area contributed by atoms with E-state index in [9.17, 15) is 4.79 Å². The van der Waals surface area contributed by atoms with Gasteiger partial charge in [-0.2, -0.15) is 0 Å². The minimum absolute atomic E-state index is 0.135. The average Bonchev–Trinajstić information content (AvgIpc) is 2.08. The van der Waals surface area contributed by atoms with Crippen LogP contribution in [0.15, 0.2) is 12.1 Å². The van der Waals surface area contributed by atoms with Gasteiger partial charge in [-0.25, -0.2) is 9.78 Å². The fraction of sp³-hybridized carbons (Fsp3) is 0.250. The maximum atomic E-state index is 10.6. The molecule has 1 aromatic rings. The van der Waals surface area contributed by atoms with Crippen molar-refractivity contribution in [3.05, 3.63) is 17.8 Å². The number of carboxylic acids is 1. The van der Waals surface area contributed by atoms with Crippen LogP contribution in [0.1, 0.15) is 17.4 Å². The van der Waals surface area contributed by atoms with Crippen LogP contribution in [0.2, 0.25) is 0 Å². The number of nitrogens with zero attached hydrogens (tertiary/aromatic N) is 1. The smallest absolute Gasteiger partial charge is 0.356 e. The molecule has 0 aliphatic heterocycles. The van der Waals surface area contributed by atoms with Crippen molar-refractivity contribution in [2.24, 2.45) is 0 Å². The largest absolute Gasteiger partial charge is 0.478 e. The molecule has 0 unspecified atom stereocenters. The molecular weight excluding hydrogens is 172 g/mol. The van der Waals surface area contributed by atoms with E-state index in [4.69, 9.17) is 15.6 Å². The molecular formula is C8H10N2O3. The van der Waals surface area contributed by atoms with Crippen LogP contribution in [0.3, 0.4) is 0 Å². The predicted octanol–water partition coefficient (Wildman–Crippen LogP) is 0.761. The van der Waals surface area contributed by atoms with Gasteiger partial charge in [-0.15, -0.1) is 0 Å². The molecule has 0 fully saturated rings. The Labute approximate surface area is 75.2 Å². The fourth-order valence-corrected chi connectivity index (χ4v) is 0.852. The quantitative estimate of drug-likeness (QED) is 0.720. The Bertz CT molecular complexity index is 325. The molecule has 0 aromatic carbocycles. The lowest BCUT2D eigenvalue weighted by Crippen LogP contribution is -2.07. The van der Waals surface area contributed by atoms with E-state index in [0.717, 1.165) is 0 Å². The second-order valence-electron chi connectivity index (χ2n) is 2.33. The van der Waals surface area contributed by atoms with Crippen LogP contribution in [0.25, 0.3) is 0 Å². The van der Waals surface area contributed by atoms with Crippen LogP contribution in [-0.4, -0.2) is 22.7 Å². The summed E-state index contributed by atoms with van der Waals surface area (Å²) in [5.41, 5.74) is 5.35. The van der Waals surface area contributed by atoms with E-state index in [1.165, 1.54) is 12.1 Å². The number of anilines is 1. The van der Waals surface area contributed by atoms with Gasteiger partial charge in [0.05, 0.1) is 12.3 Å². The van der Waals surface area contributed by atoms with Crippen molar-refractivity contribution in [2.45, 2.75) is 6.92 Å². The molecule has 0 saturated heterocycles. The molecule has 0 saturated carbocycles. The van der Waals surface area contributed by atoms with E-state index in [0.29, 0.717) is 6.61 Å². The summed E-state index contributed by atoms with van der Waals surface area (Å²) >= 11 is 0. The van der Waals surface area contributed by atoms with E-state index in [-0.39, 0.29) is 17.3 Å². The molecule has 13 heavy (non-hydrogen) atoms. The van der Waals surface area contributed by atoms with Crippen molar-refractivity contribution in [3.8, 4) is 5.88 Å². The van der Waals surface area contributed by atoms with E-state index in [1.54, 1.807) is 6.92 Å². The molecule has 5 nitrogen and oxygen atoms in total. The van der Waals surface area contributed by atoms with Gasteiger partial charge in [0.25, 0.3) is 0 Å². The first kappa shape index (κ1) is 9.31. The van der Waals surface area contributed by atoms with Gasteiger partial charge in [0.2, 0.25) is 5.88 Å². The Morgan fingerprint density at radius 2 is 2.38 bits per heavy atom. The fourth-order valence-electron chi connectivity index (χ4n) is 0.852. The summed E-state index contributed by atoms with van der Waals surface area (Å²) in [4.78, 5) is 14.3. The molecule has 0 aliphatic carbocycles. The van der Waals surface area contributed by atoms with Gasteiger partial charge >= 0.3 is 5.97 Å². The molecule has 3 N–H and O–H groups in total. The summed E-state index contributed by atoms with van der Waals surface area (Å²) in [6.45, 7) is 2.23. The highest BCUT2D eigenvalue weighted by molar-refractivity contribution is 5.91. The second kappa shape index (κ2) is 3.75. The maximum absolute atomic E-state index is 10.6. The third kappa shape index (κ3) is 2.08. The predicted molar refractivity (Wildman–Crippen MR) is 46.8 cm³/mol. The third-order valence-electron chi connectivity index (χ3n) is 1.40. The van der Waals surface area contributed by atoms with Crippen molar-refractivity contribution in [1.29, 1.82) is 0 Å². The number of nitrogens with two attached hydrogens (primary N) is 1. The number of pyridine rings is 1. The van der Waals surface area contributed by atoms with Crippen molar-refractivity contribution >= 4 is 11.7 Å². The third-order valence-corrected chi connectivity index (χ3v) is 1.40. The molecule has 70 valence electrons. The monoisotopic (exact) mass is 182 g/mol. The zero-order valence-corrected chi connectivity index (χ0v) is 7.15. The molecule has 0 aliphatic rings. The Morgan fingerprint density at radius 3 is 2.92 bits per heavy atom. The van der Waals surface area contributed by atoms with E-state index < -0.39 is 5.97 Å². The van der Waals surface area contributed by atoms with Crippen LogP contribution in [0.4, 0.5) is 5.69 Å². The van der Waals surface area contributed by atoms with Crippen LogP contribution >= 0.6 is 0 Å². The van der Waals surface area contributed by atoms with Gasteiger partial charge in [-0.05, 0) is 13.0 Å². The van der Waals surface area contributed by atoms with E-state index in [2.05, 4.69) is 4.98 Å². The first-order valence-electron chi connectivity index (χ1n) is 3.77. The molecule has 0 amide bonds. The Hall–Kier alpha value is -1.78. The Morgan fingerprint density at radius 1 is 1.69 bits per heavy atom. The number of nitrogen functional groups attached to an aromatic ring is 1. The first-order chi connectivity index (χ1) is 6.15. The molecule has 0 spiro atoms. The van der Waals surface area contributed by atoms with Gasteiger partial charge in [-0.1, -0.05) is 0 Å². The summed E-state index contributed by atoms with van der Waals surface area (Å²) in [5, 5.41) is 8.66. The molecule has 0 radical (unpaired) electrons. The van der Waals surface area contributed by atoms with Crippen molar-refractivity contribution in [2.75, 3.05) is 12.3 Å². The highest BCUT2D eigenvalue weighted by Gasteiger charge is 2.10. The number of aromatic carboxylic acids is 1. The molecule has 1 aromatic heterocycles. The van der Waals surface area contributed by atoms with Crippen molar-refractivity contribution < 1.29 is 14.6 Å². The Balaban J connectivity index is 3.04. The number of aromatic nitrogens is 1. The lowest BCUT2D eigenvalue weighted by molar-refractivity contribution is 0.0690. The second-order valence-corrected chi connectivity index (χ2v) is 2.33. The molecule has 0 bridgehead atoms. The number of rotatable bonds is 3. The Kier molecular flexibility index (Phi) is 2.69. The number of ether oxygens (including phenoxy) is 1. The van der Waals surface area contributed by atoms with Gasteiger partial charge in [-0.3, -0.25) is 0 Å².